The Kier molecular flexibility index (Phi) is 2.82. The molecule has 0 spiro atoms. The third-order valence-corrected chi connectivity index (χ3v) is 3.17. The maximum absolute atomic E-state index is 13.1. The van der Waals surface area contributed by atoms with Crippen LogP contribution in [0.5, 0.6) is 0 Å². The molecule has 0 fully saturated rings. The summed E-state index contributed by atoms with van der Waals surface area (Å²) in [6.45, 7) is 1.64. The van der Waals surface area contributed by atoms with Gasteiger partial charge in [-0.1, -0.05) is 35.9 Å². The van der Waals surface area contributed by atoms with Gasteiger partial charge < -0.3 is 4.42 Å². The van der Waals surface area contributed by atoms with Crippen molar-refractivity contribution in [2.75, 3.05) is 0 Å². The number of para-hydroxylation sites is 1. The molecule has 20 heavy (non-hydrogen) atoms. The first-order valence-electron chi connectivity index (χ1n) is 6.12. The van der Waals surface area contributed by atoms with Crippen LogP contribution in [-0.4, -0.2) is 0 Å². The van der Waals surface area contributed by atoms with Crippen molar-refractivity contribution in [3.63, 3.8) is 0 Å². The number of furan rings is 1. The molecule has 2 aromatic carbocycles. The molecule has 102 valence electrons. The second-order valence-corrected chi connectivity index (χ2v) is 4.70. The van der Waals surface area contributed by atoms with E-state index in [0.29, 0.717) is 11.1 Å². The SMILES string of the molecule is Cc1ccc(-c2cc3ccccc3o2)c(C(F)(F)F)c1. The van der Waals surface area contributed by atoms with Gasteiger partial charge in [0.05, 0.1) is 5.56 Å². The average Bonchev–Trinajstić information content (AvgIpc) is 2.81. The topological polar surface area (TPSA) is 13.1 Å². The fourth-order valence-electron chi connectivity index (χ4n) is 2.22. The second-order valence-electron chi connectivity index (χ2n) is 4.70. The maximum atomic E-state index is 13.1. The van der Waals surface area contributed by atoms with Crippen molar-refractivity contribution < 1.29 is 17.6 Å². The van der Waals surface area contributed by atoms with Gasteiger partial charge in [0.25, 0.3) is 0 Å². The van der Waals surface area contributed by atoms with E-state index in [1.54, 1.807) is 31.2 Å². The molecule has 4 heteroatoms. The van der Waals surface area contributed by atoms with Crippen molar-refractivity contribution in [1.29, 1.82) is 0 Å². The smallest absolute Gasteiger partial charge is 0.417 e. The van der Waals surface area contributed by atoms with E-state index < -0.39 is 11.7 Å². The monoisotopic (exact) mass is 276 g/mol. The number of hydrogen-bond acceptors (Lipinski definition) is 1. The lowest BCUT2D eigenvalue weighted by molar-refractivity contribution is -0.137. The van der Waals surface area contributed by atoms with Gasteiger partial charge in [0, 0.05) is 10.9 Å². The van der Waals surface area contributed by atoms with Crippen LogP contribution in [0.3, 0.4) is 0 Å². The molecule has 0 saturated heterocycles. The van der Waals surface area contributed by atoms with E-state index in [1.165, 1.54) is 6.07 Å². The first-order chi connectivity index (χ1) is 9.45. The number of fused-ring (bicyclic) bond motifs is 1. The summed E-state index contributed by atoms with van der Waals surface area (Å²) in [5.74, 6) is 0.235. The van der Waals surface area contributed by atoms with Gasteiger partial charge in [0.2, 0.25) is 0 Å². The summed E-state index contributed by atoms with van der Waals surface area (Å²) in [5, 5.41) is 0.788. The van der Waals surface area contributed by atoms with Crippen LogP contribution < -0.4 is 0 Å². The fraction of sp³-hybridized carbons (Fsp3) is 0.125. The van der Waals surface area contributed by atoms with Gasteiger partial charge in [-0.2, -0.15) is 13.2 Å². The Balaban J connectivity index is 2.23. The molecule has 3 rings (SSSR count). The average molecular weight is 276 g/mol. The Hall–Kier alpha value is -2.23. The van der Waals surface area contributed by atoms with Crippen LogP contribution in [0.4, 0.5) is 13.2 Å². The third kappa shape index (κ3) is 2.18. The number of alkyl halides is 3. The van der Waals surface area contributed by atoms with Gasteiger partial charge in [0.1, 0.15) is 11.3 Å². The zero-order valence-corrected chi connectivity index (χ0v) is 10.7. The summed E-state index contributed by atoms with van der Waals surface area (Å²) in [6.07, 6.45) is -4.40. The largest absolute Gasteiger partial charge is 0.456 e. The third-order valence-electron chi connectivity index (χ3n) is 3.17. The molecular formula is C16H11F3O. The van der Waals surface area contributed by atoms with Gasteiger partial charge in [-0.25, -0.2) is 0 Å². The molecule has 0 aliphatic rings. The highest BCUT2D eigenvalue weighted by Crippen LogP contribution is 2.39. The molecule has 1 heterocycles. The van der Waals surface area contributed by atoms with Gasteiger partial charge in [-0.05, 0) is 25.1 Å². The highest BCUT2D eigenvalue weighted by Gasteiger charge is 2.34. The zero-order valence-electron chi connectivity index (χ0n) is 10.7. The summed E-state index contributed by atoms with van der Waals surface area (Å²) in [7, 11) is 0. The summed E-state index contributed by atoms with van der Waals surface area (Å²) in [4.78, 5) is 0. The first-order valence-corrected chi connectivity index (χ1v) is 6.12. The van der Waals surface area contributed by atoms with E-state index in [-0.39, 0.29) is 11.3 Å². The minimum Gasteiger partial charge on any atom is -0.456 e. The van der Waals surface area contributed by atoms with Crippen LogP contribution in [0.1, 0.15) is 11.1 Å². The van der Waals surface area contributed by atoms with Crippen molar-refractivity contribution >= 4 is 11.0 Å². The number of halogens is 3. The van der Waals surface area contributed by atoms with Crippen LogP contribution >= 0.6 is 0 Å². The lowest BCUT2D eigenvalue weighted by atomic mass is 10.0. The second kappa shape index (κ2) is 4.40. The van der Waals surface area contributed by atoms with E-state index >= 15 is 0 Å². The summed E-state index contributed by atoms with van der Waals surface area (Å²) in [5.41, 5.74) is 0.546. The maximum Gasteiger partial charge on any atom is 0.417 e. The van der Waals surface area contributed by atoms with Crippen LogP contribution in [0, 0.1) is 6.92 Å². The minimum absolute atomic E-state index is 0.0688. The van der Waals surface area contributed by atoms with E-state index in [1.807, 2.05) is 12.1 Å². The van der Waals surface area contributed by atoms with Crippen LogP contribution in [-0.2, 0) is 6.18 Å². The molecule has 0 saturated carbocycles. The standard InChI is InChI=1S/C16H11F3O/c1-10-6-7-12(13(8-10)16(17,18)19)15-9-11-4-2-3-5-14(11)20-15/h2-9H,1H3. The Bertz CT molecular complexity index is 736. The Morgan fingerprint density at radius 1 is 0.950 bits per heavy atom. The molecule has 0 aliphatic carbocycles. The first kappa shape index (κ1) is 12.8. The lowest BCUT2D eigenvalue weighted by Gasteiger charge is -2.11. The molecule has 3 aromatic rings. The molecule has 0 atom stereocenters. The summed E-state index contributed by atoms with van der Waals surface area (Å²) >= 11 is 0. The predicted molar refractivity (Wildman–Crippen MR) is 71.4 cm³/mol. The van der Waals surface area contributed by atoms with E-state index in [2.05, 4.69) is 0 Å². The van der Waals surface area contributed by atoms with Crippen LogP contribution in [0.15, 0.2) is 52.9 Å². The molecule has 0 N–H and O–H groups in total. The number of benzene rings is 2. The van der Waals surface area contributed by atoms with Crippen molar-refractivity contribution in [1.82, 2.24) is 0 Å². The van der Waals surface area contributed by atoms with Gasteiger partial charge >= 0.3 is 6.18 Å². The molecular weight excluding hydrogens is 265 g/mol. The number of hydrogen-bond donors (Lipinski definition) is 0. The number of rotatable bonds is 1. The molecule has 0 radical (unpaired) electrons. The highest BCUT2D eigenvalue weighted by molar-refractivity contribution is 5.83. The van der Waals surface area contributed by atoms with Crippen LogP contribution in [0.25, 0.3) is 22.3 Å². The quantitative estimate of drug-likeness (QED) is 0.577. The van der Waals surface area contributed by atoms with Gasteiger partial charge in [0.15, 0.2) is 0 Å². The number of aryl methyl sites for hydroxylation is 1. The van der Waals surface area contributed by atoms with E-state index in [0.717, 1.165) is 11.5 Å². The molecule has 0 amide bonds. The van der Waals surface area contributed by atoms with Crippen LogP contribution in [0.2, 0.25) is 0 Å². The van der Waals surface area contributed by atoms with Gasteiger partial charge in [-0.15, -0.1) is 0 Å². The summed E-state index contributed by atoms with van der Waals surface area (Å²) in [6, 6.07) is 13.0. The zero-order chi connectivity index (χ0) is 14.3. The molecule has 1 nitrogen and oxygen atoms in total. The Morgan fingerprint density at radius 3 is 2.40 bits per heavy atom. The molecule has 0 unspecified atom stereocenters. The fourth-order valence-corrected chi connectivity index (χ4v) is 2.22. The summed E-state index contributed by atoms with van der Waals surface area (Å²) < 4.78 is 44.9. The van der Waals surface area contributed by atoms with Crippen molar-refractivity contribution in [3.05, 3.63) is 59.7 Å². The van der Waals surface area contributed by atoms with Crippen molar-refractivity contribution in [2.24, 2.45) is 0 Å². The Morgan fingerprint density at radius 2 is 1.70 bits per heavy atom. The van der Waals surface area contributed by atoms with E-state index in [4.69, 9.17) is 4.42 Å². The normalized spacial score (nSPS) is 12.0. The molecule has 0 aliphatic heterocycles. The minimum atomic E-state index is -4.40. The Labute approximate surface area is 113 Å². The predicted octanol–water partition coefficient (Wildman–Crippen LogP) is 5.43. The highest BCUT2D eigenvalue weighted by atomic mass is 19.4. The lowest BCUT2D eigenvalue weighted by Crippen LogP contribution is -2.07. The molecule has 1 aromatic heterocycles. The van der Waals surface area contributed by atoms with Gasteiger partial charge in [-0.3, -0.25) is 0 Å². The van der Waals surface area contributed by atoms with Crippen molar-refractivity contribution in [3.8, 4) is 11.3 Å². The molecule has 0 bridgehead atoms. The van der Waals surface area contributed by atoms with E-state index in [9.17, 15) is 13.2 Å². The van der Waals surface area contributed by atoms with Crippen molar-refractivity contribution in [2.45, 2.75) is 13.1 Å².